The maximum Gasteiger partial charge on any atom is 0.270 e. The molecule has 1 aromatic heterocycles. The van der Waals surface area contributed by atoms with E-state index in [1.54, 1.807) is 35.0 Å². The summed E-state index contributed by atoms with van der Waals surface area (Å²) in [5.74, 6) is 0. The highest BCUT2D eigenvalue weighted by molar-refractivity contribution is 7.71. The van der Waals surface area contributed by atoms with Gasteiger partial charge in [-0.25, -0.2) is 0 Å². The van der Waals surface area contributed by atoms with Crippen LogP contribution in [0, 0.1) is 14.9 Å². The van der Waals surface area contributed by atoms with Gasteiger partial charge in [0.25, 0.3) is 5.69 Å². The van der Waals surface area contributed by atoms with Crippen molar-refractivity contribution in [2.24, 2.45) is 0 Å². The second-order valence-electron chi connectivity index (χ2n) is 4.60. The Morgan fingerprint density at radius 2 is 1.95 bits per heavy atom. The summed E-state index contributed by atoms with van der Waals surface area (Å²) in [6, 6.07) is 13.7. The number of rotatable bonds is 3. The third-order valence-electron chi connectivity index (χ3n) is 3.20. The van der Waals surface area contributed by atoms with Gasteiger partial charge in [-0.3, -0.25) is 14.7 Å². The molecule has 7 heteroatoms. The van der Waals surface area contributed by atoms with Gasteiger partial charge >= 0.3 is 0 Å². The molecule has 0 saturated carbocycles. The van der Waals surface area contributed by atoms with Crippen molar-refractivity contribution in [1.82, 2.24) is 9.55 Å². The Kier molecular flexibility index (Phi) is 3.79. The zero-order chi connectivity index (χ0) is 15.7. The summed E-state index contributed by atoms with van der Waals surface area (Å²) in [4.78, 5) is 13.5. The van der Waals surface area contributed by atoms with E-state index in [0.29, 0.717) is 15.4 Å². The molecule has 0 saturated heterocycles. The van der Waals surface area contributed by atoms with E-state index < -0.39 is 4.92 Å². The highest BCUT2D eigenvalue weighted by Crippen LogP contribution is 2.27. The van der Waals surface area contributed by atoms with E-state index in [1.165, 1.54) is 12.1 Å². The molecule has 3 rings (SSSR count). The van der Waals surface area contributed by atoms with Gasteiger partial charge in [-0.2, -0.15) is 0 Å². The SMILES string of the molecule is O=[N+]([O-])c1cccc(-c2c[nH]c(=S)n2-c2cccc(Cl)c2)c1. The van der Waals surface area contributed by atoms with Gasteiger partial charge in [-0.05, 0) is 30.4 Å². The van der Waals surface area contributed by atoms with Crippen LogP contribution < -0.4 is 0 Å². The zero-order valence-electron chi connectivity index (χ0n) is 11.2. The summed E-state index contributed by atoms with van der Waals surface area (Å²) in [6.45, 7) is 0. The van der Waals surface area contributed by atoms with Gasteiger partial charge in [0.2, 0.25) is 0 Å². The summed E-state index contributed by atoms with van der Waals surface area (Å²) in [7, 11) is 0. The topological polar surface area (TPSA) is 63.9 Å². The first kappa shape index (κ1) is 14.5. The monoisotopic (exact) mass is 331 g/mol. The lowest BCUT2D eigenvalue weighted by Gasteiger charge is -2.09. The van der Waals surface area contributed by atoms with Crippen LogP contribution in [0.15, 0.2) is 54.7 Å². The Morgan fingerprint density at radius 1 is 1.18 bits per heavy atom. The van der Waals surface area contributed by atoms with Crippen LogP contribution >= 0.6 is 23.8 Å². The van der Waals surface area contributed by atoms with Crippen molar-refractivity contribution < 1.29 is 4.92 Å². The second-order valence-corrected chi connectivity index (χ2v) is 5.42. The maximum absolute atomic E-state index is 10.9. The van der Waals surface area contributed by atoms with Crippen LogP contribution in [-0.2, 0) is 0 Å². The minimum Gasteiger partial charge on any atom is -0.336 e. The molecule has 0 aliphatic heterocycles. The van der Waals surface area contributed by atoms with Crippen LogP contribution in [0.5, 0.6) is 0 Å². The summed E-state index contributed by atoms with van der Waals surface area (Å²) in [5, 5.41) is 11.5. The fourth-order valence-corrected chi connectivity index (χ4v) is 2.68. The average molecular weight is 332 g/mol. The van der Waals surface area contributed by atoms with Gasteiger partial charge in [0, 0.05) is 34.6 Å². The molecule has 110 valence electrons. The lowest BCUT2D eigenvalue weighted by Crippen LogP contribution is -1.97. The van der Waals surface area contributed by atoms with Crippen molar-refractivity contribution >= 4 is 29.5 Å². The minimum atomic E-state index is -0.422. The molecular weight excluding hydrogens is 322 g/mol. The van der Waals surface area contributed by atoms with Crippen LogP contribution in [0.4, 0.5) is 5.69 Å². The number of nitro benzene ring substituents is 1. The second kappa shape index (κ2) is 5.75. The Balaban J connectivity index is 2.20. The van der Waals surface area contributed by atoms with E-state index >= 15 is 0 Å². The zero-order valence-corrected chi connectivity index (χ0v) is 12.8. The van der Waals surface area contributed by atoms with Crippen LogP contribution in [0.1, 0.15) is 0 Å². The van der Waals surface area contributed by atoms with E-state index in [-0.39, 0.29) is 5.69 Å². The Morgan fingerprint density at radius 3 is 2.68 bits per heavy atom. The quantitative estimate of drug-likeness (QED) is 0.427. The summed E-state index contributed by atoms with van der Waals surface area (Å²) in [5.41, 5.74) is 2.25. The molecule has 3 aromatic rings. The summed E-state index contributed by atoms with van der Waals surface area (Å²) in [6.07, 6.45) is 1.72. The average Bonchev–Trinajstić information content (AvgIpc) is 2.89. The standard InChI is InChI=1S/C15H10ClN3O2S/c16-11-4-2-5-12(8-11)18-14(9-17-15(18)22)10-3-1-6-13(7-10)19(20)21/h1-9H,(H,17,22). The predicted octanol–water partition coefficient (Wildman–Crippen LogP) is 4.76. The third kappa shape index (κ3) is 2.66. The number of benzene rings is 2. The molecule has 2 aromatic carbocycles. The van der Waals surface area contributed by atoms with Gasteiger partial charge in [0.15, 0.2) is 4.77 Å². The molecule has 0 aliphatic rings. The van der Waals surface area contributed by atoms with Gasteiger partial charge in [0.1, 0.15) is 0 Å². The fraction of sp³-hybridized carbons (Fsp3) is 0. The van der Waals surface area contributed by atoms with Crippen molar-refractivity contribution in [2.45, 2.75) is 0 Å². The first-order valence-electron chi connectivity index (χ1n) is 6.37. The number of imidazole rings is 1. The molecule has 0 radical (unpaired) electrons. The van der Waals surface area contributed by atoms with Crippen LogP contribution in [0.25, 0.3) is 16.9 Å². The number of aromatic nitrogens is 2. The third-order valence-corrected chi connectivity index (χ3v) is 3.73. The number of nitrogens with zero attached hydrogens (tertiary/aromatic N) is 2. The Labute approximate surface area is 135 Å². The molecule has 0 aliphatic carbocycles. The van der Waals surface area contributed by atoms with Gasteiger partial charge in [-0.15, -0.1) is 0 Å². The molecule has 5 nitrogen and oxygen atoms in total. The van der Waals surface area contributed by atoms with Crippen molar-refractivity contribution in [3.05, 3.63) is 74.6 Å². The first-order valence-corrected chi connectivity index (χ1v) is 7.16. The molecule has 0 amide bonds. The number of non-ortho nitro benzene ring substituents is 1. The van der Waals surface area contributed by atoms with Gasteiger partial charge in [-0.1, -0.05) is 29.8 Å². The molecule has 0 fully saturated rings. The smallest absolute Gasteiger partial charge is 0.270 e. The van der Waals surface area contributed by atoms with Crippen molar-refractivity contribution in [1.29, 1.82) is 0 Å². The number of aromatic amines is 1. The summed E-state index contributed by atoms with van der Waals surface area (Å²) < 4.78 is 2.28. The maximum atomic E-state index is 10.9. The molecule has 0 bridgehead atoms. The van der Waals surface area contributed by atoms with E-state index in [2.05, 4.69) is 4.98 Å². The molecule has 1 heterocycles. The minimum absolute atomic E-state index is 0.0299. The van der Waals surface area contributed by atoms with Crippen molar-refractivity contribution in [3.63, 3.8) is 0 Å². The van der Waals surface area contributed by atoms with Gasteiger partial charge in [0.05, 0.1) is 10.6 Å². The first-order chi connectivity index (χ1) is 10.6. The van der Waals surface area contributed by atoms with Crippen molar-refractivity contribution in [2.75, 3.05) is 0 Å². The largest absolute Gasteiger partial charge is 0.336 e. The molecule has 1 N–H and O–H groups in total. The number of halogens is 1. The molecule has 0 atom stereocenters. The van der Waals surface area contributed by atoms with E-state index in [1.807, 2.05) is 12.1 Å². The predicted molar refractivity (Wildman–Crippen MR) is 88.1 cm³/mol. The van der Waals surface area contributed by atoms with E-state index in [9.17, 15) is 10.1 Å². The highest BCUT2D eigenvalue weighted by atomic mass is 35.5. The number of H-pyrrole nitrogens is 1. The highest BCUT2D eigenvalue weighted by Gasteiger charge is 2.12. The van der Waals surface area contributed by atoms with E-state index in [4.69, 9.17) is 23.8 Å². The molecule has 22 heavy (non-hydrogen) atoms. The number of hydrogen-bond acceptors (Lipinski definition) is 3. The lowest BCUT2D eigenvalue weighted by atomic mass is 10.1. The number of nitrogens with one attached hydrogen (secondary N) is 1. The molecule has 0 unspecified atom stereocenters. The van der Waals surface area contributed by atoms with Gasteiger partial charge < -0.3 is 4.98 Å². The van der Waals surface area contributed by atoms with Crippen molar-refractivity contribution in [3.8, 4) is 16.9 Å². The lowest BCUT2D eigenvalue weighted by molar-refractivity contribution is -0.384. The van der Waals surface area contributed by atoms with E-state index in [0.717, 1.165) is 11.4 Å². The molecule has 0 spiro atoms. The molecular formula is C15H10ClN3O2S. The normalized spacial score (nSPS) is 10.6. The summed E-state index contributed by atoms with van der Waals surface area (Å²) >= 11 is 11.3. The fourth-order valence-electron chi connectivity index (χ4n) is 2.23. The number of hydrogen-bond donors (Lipinski definition) is 1. The Bertz CT molecular complexity index is 917. The van der Waals surface area contributed by atoms with Crippen LogP contribution in [0.2, 0.25) is 5.02 Å². The Hall–Kier alpha value is -2.44. The van der Waals surface area contributed by atoms with Crippen LogP contribution in [-0.4, -0.2) is 14.5 Å². The van der Waals surface area contributed by atoms with Crippen LogP contribution in [0.3, 0.4) is 0 Å². The number of nitro groups is 1.